The summed E-state index contributed by atoms with van der Waals surface area (Å²) in [4.78, 5) is 4.07. The molecule has 0 aliphatic rings. The van der Waals surface area contributed by atoms with Crippen LogP contribution in [0.5, 0.6) is 0 Å². The Kier molecular flexibility index (Phi) is 3.39. The van der Waals surface area contributed by atoms with E-state index in [-0.39, 0.29) is 11.6 Å². The molecule has 0 amide bonds. The fourth-order valence-electron chi connectivity index (χ4n) is 1.95. The summed E-state index contributed by atoms with van der Waals surface area (Å²) in [6.07, 6.45) is 3.36. The maximum Gasteiger partial charge on any atom is 0.178 e. The van der Waals surface area contributed by atoms with Gasteiger partial charge in [-0.2, -0.15) is 0 Å². The molecular weight excluding hydrogens is 372 g/mol. The Bertz CT molecular complexity index is 758. The third kappa shape index (κ3) is 2.26. The largest absolute Gasteiger partial charge is 0.380 e. The van der Waals surface area contributed by atoms with Crippen LogP contribution in [0.15, 0.2) is 47.2 Å². The van der Waals surface area contributed by atoms with E-state index in [1.807, 2.05) is 6.07 Å². The van der Waals surface area contributed by atoms with Crippen LogP contribution in [0, 0.1) is 9.39 Å². The Labute approximate surface area is 127 Å². The smallest absolute Gasteiger partial charge is 0.178 e. The molecule has 4 nitrogen and oxygen atoms in total. The minimum absolute atomic E-state index is 0.285. The van der Waals surface area contributed by atoms with Crippen molar-refractivity contribution in [3.8, 4) is 22.5 Å². The molecule has 0 aliphatic heterocycles. The number of nitrogen functional groups attached to an aromatic ring is 1. The fourth-order valence-corrected chi connectivity index (χ4v) is 2.67. The molecule has 0 fully saturated rings. The quantitative estimate of drug-likeness (QED) is 0.688. The van der Waals surface area contributed by atoms with E-state index in [0.29, 0.717) is 11.3 Å². The van der Waals surface area contributed by atoms with Gasteiger partial charge in [0.25, 0.3) is 0 Å². The second kappa shape index (κ2) is 5.20. The average molecular weight is 381 g/mol. The van der Waals surface area contributed by atoms with Crippen molar-refractivity contribution < 1.29 is 8.91 Å². The molecule has 1 aromatic carbocycles. The van der Waals surface area contributed by atoms with Crippen LogP contribution in [-0.2, 0) is 0 Å². The number of halogens is 2. The molecule has 0 saturated heterocycles. The zero-order valence-corrected chi connectivity index (χ0v) is 12.3. The van der Waals surface area contributed by atoms with Crippen molar-refractivity contribution in [2.45, 2.75) is 0 Å². The summed E-state index contributed by atoms with van der Waals surface area (Å²) in [6.45, 7) is 0. The summed E-state index contributed by atoms with van der Waals surface area (Å²) in [7, 11) is 0. The minimum Gasteiger partial charge on any atom is -0.380 e. The molecule has 2 aromatic heterocycles. The normalized spacial score (nSPS) is 10.7. The lowest BCUT2D eigenvalue weighted by Gasteiger charge is -2.04. The number of nitrogens with zero attached hydrogens (tertiary/aromatic N) is 2. The lowest BCUT2D eigenvalue weighted by atomic mass is 10.0. The topological polar surface area (TPSA) is 64.9 Å². The van der Waals surface area contributed by atoms with Crippen LogP contribution in [0.25, 0.3) is 22.5 Å². The number of benzene rings is 1. The molecule has 0 saturated carbocycles. The Morgan fingerprint density at radius 3 is 2.80 bits per heavy atom. The van der Waals surface area contributed by atoms with Crippen LogP contribution < -0.4 is 5.73 Å². The first kappa shape index (κ1) is 13.0. The first-order valence-electron chi connectivity index (χ1n) is 5.78. The molecule has 3 aromatic rings. The van der Waals surface area contributed by atoms with E-state index in [2.05, 4.69) is 32.7 Å². The van der Waals surface area contributed by atoms with E-state index in [0.717, 1.165) is 14.7 Å². The van der Waals surface area contributed by atoms with Gasteiger partial charge in [0, 0.05) is 27.1 Å². The fraction of sp³-hybridized carbons (Fsp3) is 0. The van der Waals surface area contributed by atoms with Gasteiger partial charge >= 0.3 is 0 Å². The van der Waals surface area contributed by atoms with Gasteiger partial charge in [0.2, 0.25) is 0 Å². The maximum atomic E-state index is 13.2. The van der Waals surface area contributed by atoms with Gasteiger partial charge in [0.15, 0.2) is 11.6 Å². The summed E-state index contributed by atoms with van der Waals surface area (Å²) in [5, 5.41) is 3.81. The standard InChI is InChI=1S/C14H9FIN3O/c15-9-3-4-10(11(16)6-9)13-12(14(17)19-20-13)8-2-1-5-18-7-8/h1-7H,(H2,17,19). The van der Waals surface area contributed by atoms with Crippen molar-refractivity contribution >= 4 is 28.4 Å². The average Bonchev–Trinajstić information content (AvgIpc) is 2.81. The molecule has 0 atom stereocenters. The lowest BCUT2D eigenvalue weighted by molar-refractivity contribution is 0.436. The SMILES string of the molecule is Nc1noc(-c2ccc(F)cc2I)c1-c1cccnc1. The van der Waals surface area contributed by atoms with Crippen LogP contribution in [-0.4, -0.2) is 10.1 Å². The summed E-state index contributed by atoms with van der Waals surface area (Å²) in [5.41, 5.74) is 8.10. The number of hydrogen-bond donors (Lipinski definition) is 1. The first-order chi connectivity index (χ1) is 9.66. The van der Waals surface area contributed by atoms with Crippen molar-refractivity contribution in [1.82, 2.24) is 10.1 Å². The molecule has 0 unspecified atom stereocenters. The highest BCUT2D eigenvalue weighted by atomic mass is 127. The zero-order chi connectivity index (χ0) is 14.1. The highest BCUT2D eigenvalue weighted by Crippen LogP contribution is 2.38. The highest BCUT2D eigenvalue weighted by Gasteiger charge is 2.19. The molecule has 100 valence electrons. The van der Waals surface area contributed by atoms with Crippen molar-refractivity contribution in [2.24, 2.45) is 0 Å². The molecule has 3 rings (SSSR count). The van der Waals surface area contributed by atoms with Gasteiger partial charge in [-0.15, -0.1) is 0 Å². The molecule has 2 heterocycles. The number of anilines is 1. The molecule has 0 bridgehead atoms. The third-order valence-electron chi connectivity index (χ3n) is 2.84. The molecule has 0 spiro atoms. The molecule has 6 heteroatoms. The van der Waals surface area contributed by atoms with Gasteiger partial charge in [0.1, 0.15) is 5.82 Å². The number of rotatable bonds is 2. The summed E-state index contributed by atoms with van der Waals surface area (Å²) in [6, 6.07) is 8.14. The van der Waals surface area contributed by atoms with Gasteiger partial charge in [-0.25, -0.2) is 4.39 Å². The van der Waals surface area contributed by atoms with E-state index >= 15 is 0 Å². The maximum absolute atomic E-state index is 13.2. The van der Waals surface area contributed by atoms with Crippen molar-refractivity contribution in [3.63, 3.8) is 0 Å². The Morgan fingerprint density at radius 2 is 2.10 bits per heavy atom. The van der Waals surface area contributed by atoms with Crippen LogP contribution in [0.4, 0.5) is 10.2 Å². The number of pyridine rings is 1. The Balaban J connectivity index is 2.21. The van der Waals surface area contributed by atoms with E-state index < -0.39 is 0 Å². The second-order valence-corrected chi connectivity index (χ2v) is 5.30. The van der Waals surface area contributed by atoms with Crippen LogP contribution in [0.1, 0.15) is 0 Å². The first-order valence-corrected chi connectivity index (χ1v) is 6.85. The Hall–Kier alpha value is -1.96. The van der Waals surface area contributed by atoms with Gasteiger partial charge in [0.05, 0.1) is 5.56 Å². The third-order valence-corrected chi connectivity index (χ3v) is 3.74. The monoisotopic (exact) mass is 381 g/mol. The predicted octanol–water partition coefficient (Wildman–Crippen LogP) is 3.73. The molecule has 20 heavy (non-hydrogen) atoms. The summed E-state index contributed by atoms with van der Waals surface area (Å²) >= 11 is 2.05. The molecule has 0 radical (unpaired) electrons. The van der Waals surface area contributed by atoms with Crippen LogP contribution >= 0.6 is 22.6 Å². The van der Waals surface area contributed by atoms with Crippen molar-refractivity contribution in [2.75, 3.05) is 5.73 Å². The van der Waals surface area contributed by atoms with Crippen molar-refractivity contribution in [1.29, 1.82) is 0 Å². The molecular formula is C14H9FIN3O. The van der Waals surface area contributed by atoms with Gasteiger partial charge < -0.3 is 10.3 Å². The second-order valence-electron chi connectivity index (χ2n) is 4.14. The van der Waals surface area contributed by atoms with E-state index in [4.69, 9.17) is 10.3 Å². The number of nitrogens with two attached hydrogens (primary N) is 1. The lowest BCUT2D eigenvalue weighted by Crippen LogP contribution is -1.90. The van der Waals surface area contributed by atoms with Gasteiger partial charge in [-0.1, -0.05) is 11.2 Å². The summed E-state index contributed by atoms with van der Waals surface area (Å²) < 4.78 is 19.3. The number of hydrogen-bond acceptors (Lipinski definition) is 4. The summed E-state index contributed by atoms with van der Waals surface area (Å²) in [5.74, 6) is 0.501. The van der Waals surface area contributed by atoms with E-state index in [9.17, 15) is 4.39 Å². The molecule has 0 aliphatic carbocycles. The van der Waals surface area contributed by atoms with Crippen LogP contribution in [0.3, 0.4) is 0 Å². The van der Waals surface area contributed by atoms with Gasteiger partial charge in [-0.05, 0) is 46.9 Å². The minimum atomic E-state index is -0.298. The van der Waals surface area contributed by atoms with Gasteiger partial charge in [-0.3, -0.25) is 4.98 Å². The zero-order valence-electron chi connectivity index (χ0n) is 10.2. The predicted molar refractivity (Wildman–Crippen MR) is 82.3 cm³/mol. The number of aromatic nitrogens is 2. The van der Waals surface area contributed by atoms with E-state index in [1.54, 1.807) is 24.5 Å². The highest BCUT2D eigenvalue weighted by molar-refractivity contribution is 14.1. The van der Waals surface area contributed by atoms with E-state index in [1.165, 1.54) is 12.1 Å². The van der Waals surface area contributed by atoms with Crippen molar-refractivity contribution in [3.05, 3.63) is 52.1 Å². The Morgan fingerprint density at radius 1 is 1.25 bits per heavy atom. The van der Waals surface area contributed by atoms with Crippen LogP contribution in [0.2, 0.25) is 0 Å². The molecule has 2 N–H and O–H groups in total.